The van der Waals surface area contributed by atoms with E-state index < -0.39 is 29.9 Å². The topological polar surface area (TPSA) is 127 Å². The van der Waals surface area contributed by atoms with Crippen molar-refractivity contribution in [1.82, 2.24) is 15.5 Å². The Labute approximate surface area is 193 Å². The zero-order valence-corrected chi connectivity index (χ0v) is 18.7. The molecule has 2 aliphatic rings. The first-order valence-electron chi connectivity index (χ1n) is 10.4. The summed E-state index contributed by atoms with van der Waals surface area (Å²) < 4.78 is 15.9. The van der Waals surface area contributed by atoms with Crippen LogP contribution in [0.25, 0.3) is 0 Å². The van der Waals surface area contributed by atoms with Gasteiger partial charge in [0.2, 0.25) is 5.91 Å². The third-order valence-corrected chi connectivity index (χ3v) is 6.25. The molecule has 2 atom stereocenters. The van der Waals surface area contributed by atoms with Crippen molar-refractivity contribution in [2.75, 3.05) is 19.8 Å². The van der Waals surface area contributed by atoms with E-state index in [4.69, 9.17) is 13.9 Å². The van der Waals surface area contributed by atoms with Crippen molar-refractivity contribution in [3.63, 3.8) is 0 Å². The van der Waals surface area contributed by atoms with Crippen molar-refractivity contribution < 1.29 is 33.1 Å². The Morgan fingerprint density at radius 3 is 2.79 bits per heavy atom. The first-order valence-corrected chi connectivity index (χ1v) is 11.3. The molecule has 33 heavy (non-hydrogen) atoms. The average Bonchev–Trinajstić information content (AvgIpc) is 3.55. The summed E-state index contributed by atoms with van der Waals surface area (Å²) in [6.07, 6.45) is 1.54. The number of ether oxygens (including phenoxy) is 2. The fraction of sp³-hybridized carbons (Fsp3) is 0.364. The van der Waals surface area contributed by atoms with Crippen LogP contribution in [-0.4, -0.2) is 48.5 Å². The van der Waals surface area contributed by atoms with Crippen LogP contribution < -0.4 is 10.6 Å². The molecular weight excluding hydrogens is 450 g/mol. The fourth-order valence-corrected chi connectivity index (χ4v) is 4.57. The second-order valence-corrected chi connectivity index (χ2v) is 8.50. The molecule has 2 aliphatic heterocycles. The molecule has 11 heteroatoms. The summed E-state index contributed by atoms with van der Waals surface area (Å²) in [5.74, 6) is -1.40. The van der Waals surface area contributed by atoms with Crippen LogP contribution in [0.1, 0.15) is 30.0 Å². The molecule has 4 heterocycles. The highest BCUT2D eigenvalue weighted by Crippen LogP contribution is 2.31. The van der Waals surface area contributed by atoms with Crippen LogP contribution in [0.2, 0.25) is 0 Å². The summed E-state index contributed by atoms with van der Waals surface area (Å²) in [6, 6.07) is 5.85. The molecule has 10 nitrogen and oxygen atoms in total. The highest BCUT2D eigenvalue weighted by molar-refractivity contribution is 7.10. The van der Waals surface area contributed by atoms with Gasteiger partial charge in [-0.3, -0.25) is 9.59 Å². The smallest absolute Gasteiger partial charge is 0.338 e. The lowest BCUT2D eigenvalue weighted by Gasteiger charge is -2.28. The largest absolute Gasteiger partial charge is 0.467 e. The summed E-state index contributed by atoms with van der Waals surface area (Å²) in [6.45, 7) is 1.98. The molecule has 3 amide bonds. The minimum atomic E-state index is -0.719. The average molecular weight is 474 g/mol. The van der Waals surface area contributed by atoms with Crippen LogP contribution in [0.3, 0.4) is 0 Å². The molecule has 0 aliphatic carbocycles. The predicted octanol–water partition coefficient (Wildman–Crippen LogP) is 2.10. The second kappa shape index (κ2) is 9.90. The molecule has 0 unspecified atom stereocenters. The van der Waals surface area contributed by atoms with Crippen molar-refractivity contribution in [1.29, 1.82) is 0 Å². The number of hydrogen-bond acceptors (Lipinski definition) is 8. The fourth-order valence-electron chi connectivity index (χ4n) is 3.79. The minimum Gasteiger partial charge on any atom is -0.467 e. The van der Waals surface area contributed by atoms with E-state index in [9.17, 15) is 19.2 Å². The number of thiophene rings is 1. The maximum Gasteiger partial charge on any atom is 0.338 e. The van der Waals surface area contributed by atoms with Crippen molar-refractivity contribution >= 4 is 35.2 Å². The number of amides is 3. The molecule has 0 saturated carbocycles. The Balaban J connectivity index is 1.47. The normalized spacial score (nSPS) is 20.5. The van der Waals surface area contributed by atoms with Gasteiger partial charge >= 0.3 is 18.0 Å². The lowest BCUT2D eigenvalue weighted by molar-refractivity contribution is -0.148. The Kier molecular flexibility index (Phi) is 6.78. The van der Waals surface area contributed by atoms with Crippen molar-refractivity contribution in [3.8, 4) is 0 Å². The van der Waals surface area contributed by atoms with E-state index in [1.807, 2.05) is 11.4 Å². The van der Waals surface area contributed by atoms with Gasteiger partial charge < -0.3 is 29.4 Å². The molecule has 174 valence electrons. The summed E-state index contributed by atoms with van der Waals surface area (Å²) in [5, 5.41) is 7.10. The maximum absolute atomic E-state index is 12.7. The zero-order chi connectivity index (χ0) is 23.4. The minimum absolute atomic E-state index is 0.0229. The number of nitrogens with zero attached hydrogens (tertiary/aromatic N) is 1. The van der Waals surface area contributed by atoms with Crippen molar-refractivity contribution in [2.24, 2.45) is 5.92 Å². The van der Waals surface area contributed by atoms with E-state index >= 15 is 0 Å². The number of furan rings is 1. The van der Waals surface area contributed by atoms with E-state index in [0.717, 1.165) is 4.88 Å². The third-order valence-electron chi connectivity index (χ3n) is 5.31. The number of likely N-dealkylation sites (tertiary alicyclic amines) is 1. The van der Waals surface area contributed by atoms with Gasteiger partial charge in [0.05, 0.1) is 42.6 Å². The molecular formula is C22H23N3O7S. The highest BCUT2D eigenvalue weighted by Gasteiger charge is 2.38. The van der Waals surface area contributed by atoms with Gasteiger partial charge in [-0.1, -0.05) is 6.07 Å². The number of nitrogens with one attached hydrogen (secondary N) is 2. The molecule has 2 N–H and O–H groups in total. The summed E-state index contributed by atoms with van der Waals surface area (Å²) in [7, 11) is 0. The van der Waals surface area contributed by atoms with E-state index in [1.54, 1.807) is 25.1 Å². The Morgan fingerprint density at radius 2 is 2.09 bits per heavy atom. The molecule has 2 aromatic heterocycles. The van der Waals surface area contributed by atoms with E-state index in [-0.39, 0.29) is 49.9 Å². The van der Waals surface area contributed by atoms with Gasteiger partial charge in [-0.15, -0.1) is 11.3 Å². The lowest BCUT2D eigenvalue weighted by Crippen LogP contribution is -2.47. The van der Waals surface area contributed by atoms with E-state index in [2.05, 4.69) is 10.6 Å². The summed E-state index contributed by atoms with van der Waals surface area (Å²) in [4.78, 5) is 52.2. The quantitative estimate of drug-likeness (QED) is 0.562. The number of carbonyl (C=O) groups is 4. The second-order valence-electron chi connectivity index (χ2n) is 7.52. The van der Waals surface area contributed by atoms with E-state index in [1.165, 1.54) is 22.5 Å². The first-order chi connectivity index (χ1) is 16.0. The van der Waals surface area contributed by atoms with Crippen LogP contribution in [0.15, 0.2) is 51.6 Å². The lowest BCUT2D eigenvalue weighted by atomic mass is 10.0. The standard InChI is InChI=1S/C22H23N3O7S/c1-2-30-21(28)18-15(23-22(29)24-19(18)16-6-4-8-33-16)12-32-20(27)13-9-17(26)25(10-13)11-14-5-3-7-31-14/h3-8,13,19H,2,9-12H2,1H3,(H2,23,24,29)/t13-,19+/m0/s1. The van der Waals surface area contributed by atoms with Gasteiger partial charge in [-0.2, -0.15) is 0 Å². The molecule has 4 rings (SSSR count). The molecule has 1 saturated heterocycles. The predicted molar refractivity (Wildman–Crippen MR) is 116 cm³/mol. The SMILES string of the molecule is CCOC(=O)C1=C(COC(=O)[C@H]2CC(=O)N(Cc3ccco3)C2)NC(=O)N[C@@H]1c1cccs1. The van der Waals surface area contributed by atoms with Gasteiger partial charge in [0.1, 0.15) is 12.4 Å². The van der Waals surface area contributed by atoms with Crippen molar-refractivity contribution in [3.05, 3.63) is 57.8 Å². The Morgan fingerprint density at radius 1 is 1.24 bits per heavy atom. The third kappa shape index (κ3) is 5.08. The Bertz CT molecular complexity index is 1060. The molecule has 0 radical (unpaired) electrons. The van der Waals surface area contributed by atoms with Gasteiger partial charge in [0.25, 0.3) is 0 Å². The molecule has 2 aromatic rings. The number of hydrogen-bond donors (Lipinski definition) is 2. The molecule has 0 spiro atoms. The Hall–Kier alpha value is -3.60. The zero-order valence-electron chi connectivity index (χ0n) is 17.9. The maximum atomic E-state index is 12.7. The van der Waals surface area contributed by atoms with Crippen molar-refractivity contribution in [2.45, 2.75) is 25.9 Å². The number of rotatable bonds is 8. The highest BCUT2D eigenvalue weighted by atomic mass is 32.1. The van der Waals surface area contributed by atoms with Gasteiger partial charge in [-0.05, 0) is 30.5 Å². The van der Waals surface area contributed by atoms with E-state index in [0.29, 0.717) is 5.76 Å². The van der Waals surface area contributed by atoms with Gasteiger partial charge in [-0.25, -0.2) is 9.59 Å². The molecule has 1 fully saturated rings. The van der Waals surface area contributed by atoms with Crippen LogP contribution in [0, 0.1) is 5.92 Å². The molecule has 0 bridgehead atoms. The van der Waals surface area contributed by atoms with Crippen LogP contribution in [0.4, 0.5) is 4.79 Å². The van der Waals surface area contributed by atoms with Gasteiger partial charge in [0, 0.05) is 17.8 Å². The van der Waals surface area contributed by atoms with Crippen LogP contribution >= 0.6 is 11.3 Å². The summed E-state index contributed by atoms with van der Waals surface area (Å²) >= 11 is 1.38. The monoisotopic (exact) mass is 473 g/mol. The number of carbonyl (C=O) groups excluding carboxylic acids is 4. The summed E-state index contributed by atoms with van der Waals surface area (Å²) in [5.41, 5.74) is 0.328. The van der Waals surface area contributed by atoms with Crippen LogP contribution in [0.5, 0.6) is 0 Å². The number of urea groups is 1. The van der Waals surface area contributed by atoms with Crippen LogP contribution in [-0.2, 0) is 30.4 Å². The molecule has 0 aromatic carbocycles. The first kappa shape index (κ1) is 22.6. The van der Waals surface area contributed by atoms with Gasteiger partial charge in [0.15, 0.2) is 0 Å². The number of esters is 2.